The summed E-state index contributed by atoms with van der Waals surface area (Å²) in [7, 11) is 0. The maximum absolute atomic E-state index is 2.23. The van der Waals surface area contributed by atoms with Crippen molar-refractivity contribution in [2.24, 2.45) is 0 Å². The first-order valence-corrected chi connectivity index (χ1v) is 3.94. The molecule has 0 spiro atoms. The summed E-state index contributed by atoms with van der Waals surface area (Å²) in [6.07, 6.45) is 0. The van der Waals surface area contributed by atoms with Crippen LogP contribution in [0.15, 0.2) is 0 Å². The second-order valence-electron chi connectivity index (χ2n) is 0.577. The van der Waals surface area contributed by atoms with Crippen molar-refractivity contribution in [2.45, 2.75) is 23.1 Å². The van der Waals surface area contributed by atoms with Gasteiger partial charge in [0.2, 0.25) is 0 Å². The summed E-state index contributed by atoms with van der Waals surface area (Å²) in [5, 5.41) is 0. The van der Waals surface area contributed by atoms with Gasteiger partial charge in [-0.1, -0.05) is 0 Å². The molecule has 1 heteroatoms. The van der Waals surface area contributed by atoms with E-state index in [1.165, 1.54) is 29.0 Å². The summed E-state index contributed by atoms with van der Waals surface area (Å²) in [4.78, 5) is 0. The molecule has 0 aromatic carbocycles. The van der Waals surface area contributed by atoms with Crippen LogP contribution < -0.4 is 0 Å². The zero-order valence-electron chi connectivity index (χ0n) is 3.72. The monoisotopic (exact) mass is 165 g/mol. The van der Waals surface area contributed by atoms with E-state index < -0.39 is 0 Å². The molecule has 0 bridgehead atoms. The first-order chi connectivity index (χ1) is 2.41. The Morgan fingerprint density at radius 1 is 1.20 bits per heavy atom. The fraction of sp³-hybridized carbons (Fsp3) is 1.00. The van der Waals surface area contributed by atoms with Gasteiger partial charge in [-0.3, -0.25) is 0 Å². The van der Waals surface area contributed by atoms with Crippen molar-refractivity contribution in [1.82, 2.24) is 0 Å². The van der Waals surface area contributed by atoms with Gasteiger partial charge in [0.05, 0.1) is 0 Å². The predicted molar refractivity (Wildman–Crippen MR) is 21.0 cm³/mol. The molecular formula is C4H10Ag. The van der Waals surface area contributed by atoms with Crippen molar-refractivity contribution >= 4 is 0 Å². The fourth-order valence-electron chi connectivity index (χ4n) is 0.151. The van der Waals surface area contributed by atoms with Gasteiger partial charge in [-0.25, -0.2) is 0 Å². The first-order valence-electron chi connectivity index (χ1n) is 1.84. The van der Waals surface area contributed by atoms with Crippen LogP contribution in [0.4, 0.5) is 0 Å². The van der Waals surface area contributed by atoms with Crippen LogP contribution in [-0.4, -0.2) is 0 Å². The quantitative estimate of drug-likeness (QED) is 0.550. The molecule has 0 aliphatic rings. The Hall–Kier alpha value is 0.740. The van der Waals surface area contributed by atoms with Crippen molar-refractivity contribution in [2.75, 3.05) is 0 Å². The molecule has 0 saturated carbocycles. The molecule has 0 amide bonds. The predicted octanol–water partition coefficient (Wildman–Crippen LogP) is 1.95. The van der Waals surface area contributed by atoms with E-state index in [1.54, 1.807) is 0 Å². The van der Waals surface area contributed by atoms with Crippen LogP contribution >= 0.6 is 0 Å². The molecule has 0 heterocycles. The third-order valence-corrected chi connectivity index (χ3v) is 1.78. The second kappa shape index (κ2) is 4.74. The molecule has 0 radical (unpaired) electrons. The average Bonchev–Trinajstić information content (AvgIpc) is 1.41. The van der Waals surface area contributed by atoms with Crippen molar-refractivity contribution in [3.05, 3.63) is 0 Å². The molecule has 0 nitrogen and oxygen atoms in total. The van der Waals surface area contributed by atoms with Gasteiger partial charge in [-0.15, -0.1) is 0 Å². The van der Waals surface area contributed by atoms with Crippen molar-refractivity contribution in [3.63, 3.8) is 0 Å². The molecule has 0 aliphatic heterocycles. The molecule has 0 fully saturated rings. The van der Waals surface area contributed by atoms with Crippen LogP contribution in [0.25, 0.3) is 0 Å². The topological polar surface area (TPSA) is 0 Å². The van der Waals surface area contributed by atoms with Gasteiger partial charge in [0.1, 0.15) is 0 Å². The molecule has 0 aromatic heterocycles. The number of hydrogen-bond donors (Lipinski definition) is 0. The minimum absolute atomic E-state index is 1.18. The van der Waals surface area contributed by atoms with Gasteiger partial charge in [-0.2, -0.15) is 0 Å². The molecule has 0 rings (SSSR count). The van der Waals surface area contributed by atoms with E-state index in [2.05, 4.69) is 13.8 Å². The second-order valence-corrected chi connectivity index (χ2v) is 3.41. The number of rotatable bonds is 2. The van der Waals surface area contributed by atoms with Crippen LogP contribution in [0.1, 0.15) is 13.8 Å². The third-order valence-electron chi connectivity index (χ3n) is 0.302. The van der Waals surface area contributed by atoms with Crippen molar-refractivity contribution < 1.29 is 19.8 Å². The summed E-state index contributed by atoms with van der Waals surface area (Å²) in [6, 6.07) is 0. The van der Waals surface area contributed by atoms with E-state index in [0.29, 0.717) is 0 Å². The summed E-state index contributed by atoms with van der Waals surface area (Å²) in [5.41, 5.74) is 0. The van der Waals surface area contributed by atoms with E-state index in [-0.39, 0.29) is 0 Å². The molecule has 0 unspecified atom stereocenters. The standard InChI is InChI=1S/2C2H5.Ag/c2*1-2;/h2*1H2,2H3;. The molecule has 0 N–H and O–H groups in total. The van der Waals surface area contributed by atoms with E-state index >= 15 is 0 Å². The Labute approximate surface area is 43.3 Å². The van der Waals surface area contributed by atoms with Gasteiger partial charge in [-0.05, 0) is 0 Å². The molecule has 5 heavy (non-hydrogen) atoms. The summed E-state index contributed by atoms with van der Waals surface area (Å²) in [6.45, 7) is 4.45. The first kappa shape index (κ1) is 5.74. The van der Waals surface area contributed by atoms with Crippen molar-refractivity contribution in [1.29, 1.82) is 0 Å². The Morgan fingerprint density at radius 3 is 1.60 bits per heavy atom. The van der Waals surface area contributed by atoms with Crippen LogP contribution in [0.2, 0.25) is 9.28 Å². The van der Waals surface area contributed by atoms with E-state index in [0.717, 1.165) is 0 Å². The molecule has 0 aromatic rings. The third kappa shape index (κ3) is 4.74. The summed E-state index contributed by atoms with van der Waals surface area (Å²) in [5.74, 6) is 0. The van der Waals surface area contributed by atoms with Crippen LogP contribution in [0.3, 0.4) is 0 Å². The zero-order chi connectivity index (χ0) is 4.12. The molecule has 37 valence electrons. The molecule has 0 aliphatic carbocycles. The van der Waals surface area contributed by atoms with Gasteiger partial charge in [0.25, 0.3) is 0 Å². The molecular weight excluding hydrogens is 156 g/mol. The average molecular weight is 166 g/mol. The molecule has 0 atom stereocenters. The fourth-order valence-corrected chi connectivity index (χ4v) is 0.892. The van der Waals surface area contributed by atoms with Crippen LogP contribution in [0.5, 0.6) is 0 Å². The van der Waals surface area contributed by atoms with Crippen LogP contribution in [-0.2, 0) is 19.8 Å². The Bertz CT molecular complexity index is 11.1. The maximum atomic E-state index is 2.23. The summed E-state index contributed by atoms with van der Waals surface area (Å²) < 4.78 is 2.75. The van der Waals surface area contributed by atoms with Gasteiger partial charge in [0.15, 0.2) is 0 Å². The normalized spacial score (nSPS) is 9.20. The van der Waals surface area contributed by atoms with E-state index in [4.69, 9.17) is 0 Å². The number of hydrogen-bond acceptors (Lipinski definition) is 0. The van der Waals surface area contributed by atoms with Gasteiger partial charge < -0.3 is 0 Å². The Morgan fingerprint density at radius 2 is 1.60 bits per heavy atom. The van der Waals surface area contributed by atoms with Crippen molar-refractivity contribution in [3.8, 4) is 0 Å². The van der Waals surface area contributed by atoms with Crippen LogP contribution in [0, 0.1) is 0 Å². The SMILES string of the molecule is C[CH2][Ag][CH2]C. The molecule has 0 saturated heterocycles. The van der Waals surface area contributed by atoms with E-state index in [1.807, 2.05) is 0 Å². The Kier molecular flexibility index (Phi) is 5.44. The zero-order valence-corrected chi connectivity index (χ0v) is 5.20. The van der Waals surface area contributed by atoms with E-state index in [9.17, 15) is 0 Å². The minimum atomic E-state index is 1.18. The Balaban J connectivity index is 2.19. The van der Waals surface area contributed by atoms with Gasteiger partial charge in [0, 0.05) is 0 Å². The van der Waals surface area contributed by atoms with Gasteiger partial charge >= 0.3 is 42.9 Å². The summed E-state index contributed by atoms with van der Waals surface area (Å²) >= 11 is 1.18.